The maximum atomic E-state index is 12.9. The Morgan fingerprint density at radius 3 is 2.61 bits per heavy atom. The quantitative estimate of drug-likeness (QED) is 0.204. The number of benzene rings is 3. The van der Waals surface area contributed by atoms with Gasteiger partial charge in [-0.05, 0) is 49.7 Å². The Morgan fingerprint density at radius 1 is 1.12 bits per heavy atom. The van der Waals surface area contributed by atoms with E-state index in [2.05, 4.69) is 26.0 Å². The molecule has 0 unspecified atom stereocenters. The van der Waals surface area contributed by atoms with Crippen molar-refractivity contribution < 1.29 is 9.66 Å². The molecule has 1 aromatic heterocycles. The summed E-state index contributed by atoms with van der Waals surface area (Å²) >= 11 is 3.35. The number of hydrogen-bond acceptors (Lipinski definition) is 6. The average Bonchev–Trinajstić information content (AvgIpc) is 2.79. The molecule has 33 heavy (non-hydrogen) atoms. The van der Waals surface area contributed by atoms with E-state index in [0.29, 0.717) is 22.3 Å². The van der Waals surface area contributed by atoms with Gasteiger partial charge >= 0.3 is 5.69 Å². The van der Waals surface area contributed by atoms with Crippen LogP contribution in [0.1, 0.15) is 22.5 Å². The highest BCUT2D eigenvalue weighted by atomic mass is 79.9. The van der Waals surface area contributed by atoms with Crippen LogP contribution in [0.2, 0.25) is 0 Å². The summed E-state index contributed by atoms with van der Waals surface area (Å²) < 4.78 is 7.61. The number of aromatic nitrogens is 2. The molecule has 0 aliphatic heterocycles. The number of rotatable bonds is 6. The smallest absolute Gasteiger partial charge is 0.311 e. The van der Waals surface area contributed by atoms with E-state index in [1.165, 1.54) is 23.0 Å². The molecule has 0 fully saturated rings. The van der Waals surface area contributed by atoms with Crippen molar-refractivity contribution >= 4 is 38.7 Å². The minimum atomic E-state index is -0.506. The summed E-state index contributed by atoms with van der Waals surface area (Å²) in [5, 5.41) is 16.2. The Morgan fingerprint density at radius 2 is 1.88 bits per heavy atom. The van der Waals surface area contributed by atoms with Gasteiger partial charge in [0.05, 0.1) is 22.0 Å². The van der Waals surface area contributed by atoms with Gasteiger partial charge < -0.3 is 4.74 Å². The summed E-state index contributed by atoms with van der Waals surface area (Å²) in [7, 11) is 0. The van der Waals surface area contributed by atoms with Gasteiger partial charge in [-0.1, -0.05) is 45.8 Å². The average molecular weight is 507 g/mol. The fourth-order valence-corrected chi connectivity index (χ4v) is 3.61. The first kappa shape index (κ1) is 22.3. The van der Waals surface area contributed by atoms with E-state index in [-0.39, 0.29) is 23.6 Å². The van der Waals surface area contributed by atoms with Crippen LogP contribution in [0.25, 0.3) is 10.9 Å². The molecule has 1 heterocycles. The van der Waals surface area contributed by atoms with Crippen molar-refractivity contribution in [2.24, 2.45) is 5.10 Å². The number of nitrogens with zero attached hydrogens (tertiary/aromatic N) is 4. The fraction of sp³-hybridized carbons (Fsp3) is 0.125. The lowest BCUT2D eigenvalue weighted by Gasteiger charge is -2.08. The van der Waals surface area contributed by atoms with Crippen molar-refractivity contribution in [2.75, 3.05) is 0 Å². The van der Waals surface area contributed by atoms with Gasteiger partial charge in [-0.25, -0.2) is 4.98 Å². The third-order valence-corrected chi connectivity index (χ3v) is 5.48. The summed E-state index contributed by atoms with van der Waals surface area (Å²) in [4.78, 5) is 28.4. The lowest BCUT2D eigenvalue weighted by molar-refractivity contribution is -0.385. The second-order valence-electron chi connectivity index (χ2n) is 7.44. The van der Waals surface area contributed by atoms with Crippen molar-refractivity contribution in [3.63, 3.8) is 0 Å². The zero-order chi connectivity index (χ0) is 23.5. The number of nitro groups is 1. The maximum Gasteiger partial charge on any atom is 0.311 e. The Labute approximate surface area is 197 Å². The van der Waals surface area contributed by atoms with Crippen molar-refractivity contribution in [1.29, 1.82) is 0 Å². The molecule has 0 spiro atoms. The number of ether oxygens (including phenoxy) is 1. The molecule has 9 heteroatoms. The van der Waals surface area contributed by atoms with E-state index >= 15 is 0 Å². The molecule has 0 radical (unpaired) electrons. The lowest BCUT2D eigenvalue weighted by atomic mass is 10.1. The molecule has 0 bridgehead atoms. The highest BCUT2D eigenvalue weighted by Gasteiger charge is 2.16. The summed E-state index contributed by atoms with van der Waals surface area (Å²) in [6.45, 7) is 3.87. The van der Waals surface area contributed by atoms with Crippen LogP contribution in [-0.2, 0) is 6.61 Å². The van der Waals surface area contributed by atoms with Crippen LogP contribution in [0.3, 0.4) is 0 Å². The van der Waals surface area contributed by atoms with Crippen LogP contribution in [0.5, 0.6) is 5.75 Å². The monoisotopic (exact) mass is 506 g/mol. The molecule has 0 aliphatic carbocycles. The van der Waals surface area contributed by atoms with Gasteiger partial charge in [-0.3, -0.25) is 14.9 Å². The van der Waals surface area contributed by atoms with E-state index in [9.17, 15) is 14.9 Å². The van der Waals surface area contributed by atoms with Crippen molar-refractivity contribution in [3.8, 4) is 5.75 Å². The van der Waals surface area contributed by atoms with Gasteiger partial charge in [0.1, 0.15) is 12.4 Å². The second-order valence-corrected chi connectivity index (χ2v) is 8.36. The molecule has 0 atom stereocenters. The number of nitro benzene ring substituents is 1. The zero-order valence-electron chi connectivity index (χ0n) is 17.9. The minimum Gasteiger partial charge on any atom is -0.482 e. The van der Waals surface area contributed by atoms with Crippen LogP contribution in [0.4, 0.5) is 5.69 Å². The first-order valence-corrected chi connectivity index (χ1v) is 10.8. The van der Waals surface area contributed by atoms with Crippen LogP contribution >= 0.6 is 15.9 Å². The van der Waals surface area contributed by atoms with Crippen LogP contribution in [0.15, 0.2) is 75.0 Å². The van der Waals surface area contributed by atoms with E-state index in [4.69, 9.17) is 4.74 Å². The molecule has 0 N–H and O–H groups in total. The summed E-state index contributed by atoms with van der Waals surface area (Å²) in [6, 6.07) is 17.5. The standard InChI is InChI=1S/C24H19BrN4O4/c1-15-3-5-17(6-4-15)14-33-23-10-7-18(11-22(23)29(31)32)13-26-28-16(2)27-21-9-8-19(25)12-20(21)24(28)30/h3-13H,14H2,1-2H3. The van der Waals surface area contributed by atoms with E-state index < -0.39 is 4.92 Å². The predicted molar refractivity (Wildman–Crippen MR) is 130 cm³/mol. The molecule has 0 amide bonds. The SMILES string of the molecule is Cc1ccc(COc2ccc(C=Nn3c(C)nc4ccc(Br)cc4c3=O)cc2[N+](=O)[O-])cc1. The highest BCUT2D eigenvalue weighted by molar-refractivity contribution is 9.10. The number of fused-ring (bicyclic) bond motifs is 1. The normalized spacial score (nSPS) is 11.2. The molecule has 166 valence electrons. The van der Waals surface area contributed by atoms with Crippen LogP contribution in [-0.4, -0.2) is 20.8 Å². The van der Waals surface area contributed by atoms with Gasteiger partial charge in [0, 0.05) is 16.1 Å². The molecule has 4 rings (SSSR count). The molecule has 0 saturated heterocycles. The van der Waals surface area contributed by atoms with Crippen LogP contribution < -0.4 is 10.3 Å². The fourth-order valence-electron chi connectivity index (χ4n) is 3.25. The third kappa shape index (κ3) is 4.98. The second kappa shape index (κ2) is 9.33. The Balaban J connectivity index is 1.62. The number of aryl methyl sites for hydroxylation is 2. The third-order valence-electron chi connectivity index (χ3n) is 4.99. The van der Waals surface area contributed by atoms with Gasteiger partial charge in [-0.15, -0.1) is 0 Å². The van der Waals surface area contributed by atoms with Gasteiger partial charge in [0.2, 0.25) is 0 Å². The minimum absolute atomic E-state index is 0.156. The van der Waals surface area contributed by atoms with Crippen LogP contribution in [0, 0.1) is 24.0 Å². The van der Waals surface area contributed by atoms with E-state index in [1.54, 1.807) is 25.1 Å². The summed E-state index contributed by atoms with van der Waals surface area (Å²) in [6.07, 6.45) is 1.39. The van der Waals surface area contributed by atoms with E-state index in [0.717, 1.165) is 15.6 Å². The summed E-state index contributed by atoms with van der Waals surface area (Å²) in [5.74, 6) is 0.557. The Bertz CT molecular complexity index is 1450. The summed E-state index contributed by atoms with van der Waals surface area (Å²) in [5.41, 5.74) is 2.53. The first-order valence-electron chi connectivity index (χ1n) is 10.0. The first-order chi connectivity index (χ1) is 15.8. The topological polar surface area (TPSA) is 99.6 Å². The molecule has 4 aromatic rings. The molecular formula is C24H19BrN4O4. The van der Waals surface area contributed by atoms with Gasteiger partial charge in [0.15, 0.2) is 5.75 Å². The number of hydrogen-bond donors (Lipinski definition) is 0. The Hall–Kier alpha value is -3.85. The van der Waals surface area contributed by atoms with Gasteiger partial charge in [0.25, 0.3) is 5.56 Å². The largest absolute Gasteiger partial charge is 0.482 e. The van der Waals surface area contributed by atoms with Crippen molar-refractivity contribution in [2.45, 2.75) is 20.5 Å². The Kier molecular flexibility index (Phi) is 6.32. The zero-order valence-corrected chi connectivity index (χ0v) is 19.4. The van der Waals surface area contributed by atoms with E-state index in [1.807, 2.05) is 37.3 Å². The van der Waals surface area contributed by atoms with Gasteiger partial charge in [-0.2, -0.15) is 9.78 Å². The highest BCUT2D eigenvalue weighted by Crippen LogP contribution is 2.28. The van der Waals surface area contributed by atoms with Crippen molar-refractivity contribution in [3.05, 3.63) is 108 Å². The molecule has 3 aromatic carbocycles. The molecule has 0 saturated carbocycles. The number of halogens is 1. The predicted octanol–water partition coefficient (Wildman–Crippen LogP) is 5.15. The molecule has 8 nitrogen and oxygen atoms in total. The van der Waals surface area contributed by atoms with Crippen molar-refractivity contribution in [1.82, 2.24) is 9.66 Å². The molecule has 0 aliphatic rings. The maximum absolute atomic E-state index is 12.9. The lowest BCUT2D eigenvalue weighted by Crippen LogP contribution is -2.20. The molecular weight excluding hydrogens is 488 g/mol.